The molecule has 1 amide bonds. The van der Waals surface area contributed by atoms with Crippen molar-refractivity contribution in [2.24, 2.45) is 5.14 Å². The molecule has 1 aromatic rings. The van der Waals surface area contributed by atoms with Crippen LogP contribution in [0.25, 0.3) is 0 Å². The maximum atomic E-state index is 12.3. The number of ether oxygens (including phenoxy) is 1. The number of amides is 1. The number of sulfonamides is 1. The van der Waals surface area contributed by atoms with Crippen LogP contribution in [0.2, 0.25) is 0 Å². The van der Waals surface area contributed by atoms with E-state index in [0.29, 0.717) is 0 Å². The fourth-order valence-corrected chi connectivity index (χ4v) is 2.93. The first-order valence-corrected chi connectivity index (χ1v) is 9.16. The lowest BCUT2D eigenvalue weighted by Gasteiger charge is -2.22. The van der Waals surface area contributed by atoms with Crippen LogP contribution in [0, 0.1) is 0 Å². The number of rotatable bonds is 7. The van der Waals surface area contributed by atoms with Gasteiger partial charge in [0, 0.05) is 6.54 Å². The van der Waals surface area contributed by atoms with Crippen molar-refractivity contribution in [3.63, 3.8) is 0 Å². The van der Waals surface area contributed by atoms with Crippen molar-refractivity contribution >= 4 is 15.9 Å². The van der Waals surface area contributed by atoms with Crippen molar-refractivity contribution in [2.45, 2.75) is 37.9 Å². The maximum absolute atomic E-state index is 12.3. The predicted molar refractivity (Wildman–Crippen MR) is 83.5 cm³/mol. The Hall–Kier alpha value is -1.44. The number of carbonyl (C=O) groups is 1. The average molecular weight is 326 g/mol. The average Bonchev–Trinajstić information content (AvgIpc) is 2.97. The number of nitrogens with two attached hydrogens (primary N) is 1. The molecule has 22 heavy (non-hydrogen) atoms. The van der Waals surface area contributed by atoms with Crippen molar-refractivity contribution in [1.82, 2.24) is 5.32 Å². The largest absolute Gasteiger partial charge is 0.360 e. The van der Waals surface area contributed by atoms with Crippen LogP contribution in [-0.4, -0.2) is 32.7 Å². The third-order valence-corrected chi connectivity index (χ3v) is 4.43. The molecule has 0 saturated heterocycles. The highest BCUT2D eigenvalue weighted by Crippen LogP contribution is 2.27. The summed E-state index contributed by atoms with van der Waals surface area (Å²) in [7, 11) is -3.59. The van der Waals surface area contributed by atoms with Gasteiger partial charge in [-0.15, -0.1) is 0 Å². The first-order chi connectivity index (χ1) is 10.5. The molecule has 122 valence electrons. The van der Waals surface area contributed by atoms with Gasteiger partial charge < -0.3 is 10.1 Å². The number of nitrogens with one attached hydrogen (secondary N) is 1. The highest BCUT2D eigenvalue weighted by atomic mass is 32.2. The summed E-state index contributed by atoms with van der Waals surface area (Å²) in [4.78, 5) is 12.3. The van der Waals surface area contributed by atoms with E-state index in [9.17, 15) is 13.2 Å². The van der Waals surface area contributed by atoms with E-state index in [4.69, 9.17) is 9.88 Å². The van der Waals surface area contributed by atoms with Gasteiger partial charge in [0.05, 0.1) is 11.9 Å². The van der Waals surface area contributed by atoms with Crippen molar-refractivity contribution in [1.29, 1.82) is 0 Å². The van der Waals surface area contributed by atoms with Crippen molar-refractivity contribution < 1.29 is 17.9 Å². The molecule has 3 N–H and O–H groups in total. The van der Waals surface area contributed by atoms with Crippen molar-refractivity contribution in [2.75, 3.05) is 12.3 Å². The van der Waals surface area contributed by atoms with Crippen LogP contribution < -0.4 is 10.5 Å². The van der Waals surface area contributed by atoms with Gasteiger partial charge in [-0.05, 0) is 18.4 Å². The molecule has 0 aromatic heterocycles. The standard InChI is InChI=1S/C15H22N2O4S/c16-22(19,20)11-10-17-15(18)14(12-6-2-1-3-7-12)21-13-8-4-5-9-13/h1-3,6-7,13-14H,4-5,8-11H2,(H,17,18)(H2,16,19,20)/t14-/m0/s1. The van der Waals surface area contributed by atoms with Gasteiger partial charge in [-0.25, -0.2) is 13.6 Å². The van der Waals surface area contributed by atoms with Gasteiger partial charge in [-0.2, -0.15) is 0 Å². The summed E-state index contributed by atoms with van der Waals surface area (Å²) in [6, 6.07) is 9.22. The maximum Gasteiger partial charge on any atom is 0.253 e. The van der Waals surface area contributed by atoms with E-state index in [1.165, 1.54) is 0 Å². The first kappa shape index (κ1) is 16.9. The quantitative estimate of drug-likeness (QED) is 0.783. The van der Waals surface area contributed by atoms with Crippen LogP contribution in [0.15, 0.2) is 30.3 Å². The Bertz CT molecular complexity index is 583. The Morgan fingerprint density at radius 2 is 1.91 bits per heavy atom. The van der Waals surface area contributed by atoms with Gasteiger partial charge in [0.15, 0.2) is 6.10 Å². The van der Waals surface area contributed by atoms with Gasteiger partial charge in [-0.3, -0.25) is 4.79 Å². The van der Waals surface area contributed by atoms with Crippen molar-refractivity contribution in [3.8, 4) is 0 Å². The van der Waals surface area contributed by atoms with Crippen LogP contribution >= 0.6 is 0 Å². The lowest BCUT2D eigenvalue weighted by Crippen LogP contribution is -2.36. The molecular weight excluding hydrogens is 304 g/mol. The van der Waals surface area contributed by atoms with E-state index < -0.39 is 16.1 Å². The van der Waals surface area contributed by atoms with Gasteiger partial charge in [0.1, 0.15) is 0 Å². The summed E-state index contributed by atoms with van der Waals surface area (Å²) < 4.78 is 27.8. The molecule has 1 atom stereocenters. The van der Waals surface area contributed by atoms with Gasteiger partial charge in [-0.1, -0.05) is 43.2 Å². The normalized spacial score (nSPS) is 17.3. The highest BCUT2D eigenvalue weighted by molar-refractivity contribution is 7.89. The van der Waals surface area contributed by atoms with Crippen LogP contribution in [0.5, 0.6) is 0 Å². The SMILES string of the molecule is NS(=O)(=O)CCNC(=O)[C@@H](OC1CCCC1)c1ccccc1. The van der Waals surface area contributed by atoms with E-state index in [-0.39, 0.29) is 24.3 Å². The number of carbonyl (C=O) groups excluding carboxylic acids is 1. The summed E-state index contributed by atoms with van der Waals surface area (Å²) in [6.45, 7) is -0.0188. The lowest BCUT2D eigenvalue weighted by molar-refractivity contribution is -0.137. The first-order valence-electron chi connectivity index (χ1n) is 7.44. The van der Waals surface area contributed by atoms with Crippen LogP contribution in [0.3, 0.4) is 0 Å². The summed E-state index contributed by atoms with van der Waals surface area (Å²) in [5, 5.41) is 7.52. The monoisotopic (exact) mass is 326 g/mol. The minimum absolute atomic E-state index is 0.0188. The zero-order chi connectivity index (χ0) is 16.0. The molecular formula is C15H22N2O4S. The molecule has 0 aliphatic heterocycles. The van der Waals surface area contributed by atoms with Gasteiger partial charge >= 0.3 is 0 Å². The summed E-state index contributed by atoms with van der Waals surface area (Å²) in [5.41, 5.74) is 0.766. The smallest absolute Gasteiger partial charge is 0.253 e. The predicted octanol–water partition coefficient (Wildman–Crippen LogP) is 1.09. The Labute approximate surface area is 131 Å². The van der Waals surface area contributed by atoms with E-state index in [0.717, 1.165) is 31.2 Å². The number of hydrogen-bond acceptors (Lipinski definition) is 4. The number of benzene rings is 1. The van der Waals surface area contributed by atoms with Gasteiger partial charge in [0.25, 0.3) is 5.91 Å². The molecule has 1 aliphatic carbocycles. The van der Waals surface area contributed by atoms with Crippen molar-refractivity contribution in [3.05, 3.63) is 35.9 Å². The molecule has 2 rings (SSSR count). The molecule has 0 radical (unpaired) electrons. The second kappa shape index (κ2) is 7.71. The molecule has 0 bridgehead atoms. The Morgan fingerprint density at radius 1 is 1.27 bits per heavy atom. The molecule has 1 aromatic carbocycles. The molecule has 0 heterocycles. The molecule has 0 spiro atoms. The minimum atomic E-state index is -3.59. The molecule has 1 saturated carbocycles. The minimum Gasteiger partial charge on any atom is -0.360 e. The third-order valence-electron chi connectivity index (χ3n) is 3.66. The summed E-state index contributed by atoms with van der Waals surface area (Å²) >= 11 is 0. The fraction of sp³-hybridized carbons (Fsp3) is 0.533. The third kappa shape index (κ3) is 5.40. The zero-order valence-corrected chi connectivity index (χ0v) is 13.2. The Balaban J connectivity index is 2.01. The van der Waals surface area contributed by atoms with Crippen LogP contribution in [-0.2, 0) is 19.6 Å². The van der Waals surface area contributed by atoms with E-state index in [1.54, 1.807) is 0 Å². The lowest BCUT2D eigenvalue weighted by atomic mass is 10.1. The summed E-state index contributed by atoms with van der Waals surface area (Å²) in [5.74, 6) is -0.620. The topological polar surface area (TPSA) is 98.5 Å². The molecule has 6 nitrogen and oxygen atoms in total. The molecule has 0 unspecified atom stereocenters. The van der Waals surface area contributed by atoms with E-state index >= 15 is 0 Å². The molecule has 7 heteroatoms. The Morgan fingerprint density at radius 3 is 2.50 bits per heavy atom. The zero-order valence-electron chi connectivity index (χ0n) is 12.4. The van der Waals surface area contributed by atoms with Crippen LogP contribution in [0.4, 0.5) is 0 Å². The fourth-order valence-electron chi connectivity index (χ4n) is 2.55. The van der Waals surface area contributed by atoms with E-state index in [1.807, 2.05) is 30.3 Å². The van der Waals surface area contributed by atoms with E-state index in [2.05, 4.69) is 5.32 Å². The number of primary sulfonamides is 1. The second-order valence-electron chi connectivity index (χ2n) is 5.49. The second-order valence-corrected chi connectivity index (χ2v) is 7.23. The highest BCUT2D eigenvalue weighted by Gasteiger charge is 2.27. The van der Waals surface area contributed by atoms with Crippen LogP contribution in [0.1, 0.15) is 37.4 Å². The molecule has 1 fully saturated rings. The number of hydrogen-bond donors (Lipinski definition) is 2. The molecule has 1 aliphatic rings. The van der Waals surface area contributed by atoms with Gasteiger partial charge in [0.2, 0.25) is 10.0 Å². The Kier molecular flexibility index (Phi) is 5.93. The summed E-state index contributed by atoms with van der Waals surface area (Å²) in [6.07, 6.45) is 3.49.